The summed E-state index contributed by atoms with van der Waals surface area (Å²) in [4.78, 5) is 14.8. The normalized spacial score (nSPS) is 15.2. The summed E-state index contributed by atoms with van der Waals surface area (Å²) >= 11 is 7.50. The van der Waals surface area contributed by atoms with Gasteiger partial charge in [0, 0.05) is 15.5 Å². The number of urea groups is 1. The molecule has 0 saturated carbocycles. The molecule has 160 valence electrons. The number of hydrogen-bond acceptors (Lipinski definition) is 4. The largest absolute Gasteiger partial charge is 0.343 e. The van der Waals surface area contributed by atoms with Crippen LogP contribution < -0.4 is 9.21 Å². The maximum absolute atomic E-state index is 14.4. The number of nitrogens with zero attached hydrogens (tertiary/aromatic N) is 2. The van der Waals surface area contributed by atoms with Gasteiger partial charge in [-0.25, -0.2) is 22.0 Å². The molecule has 0 spiro atoms. The first-order chi connectivity index (χ1) is 14.7. The number of hydrogen-bond donors (Lipinski definition) is 0. The lowest BCUT2D eigenvalue weighted by atomic mass is 10.1. The van der Waals surface area contributed by atoms with Crippen molar-refractivity contribution in [2.24, 2.45) is 0 Å². The van der Waals surface area contributed by atoms with Crippen LogP contribution in [0.2, 0.25) is 5.02 Å². The number of fused-ring (bicyclic) bond motifs is 1. The molecule has 0 saturated heterocycles. The van der Waals surface area contributed by atoms with E-state index in [1.807, 2.05) is 6.26 Å². The van der Waals surface area contributed by atoms with Crippen LogP contribution in [0.1, 0.15) is 5.56 Å². The fraction of sp³-hybridized carbons (Fsp3) is 0.0952. The third-order valence-electron chi connectivity index (χ3n) is 4.80. The van der Waals surface area contributed by atoms with Gasteiger partial charge in [0.1, 0.15) is 16.5 Å². The first kappa shape index (κ1) is 21.6. The highest BCUT2D eigenvalue weighted by Crippen LogP contribution is 2.39. The number of anilines is 2. The minimum Gasteiger partial charge on any atom is -0.287 e. The molecule has 1 aliphatic heterocycles. The standard InChI is InChI=1S/C21H15ClF2N2O3S2/c1-30-15-5-2-4-14(11-15)26-21(27)25(12-16-17(22)6-3-7-18(16)24)19-9-8-13(23)10-20(19)31(26,28)29/h2-11H,12H2,1H3. The topological polar surface area (TPSA) is 57.7 Å². The molecule has 0 atom stereocenters. The van der Waals surface area contributed by atoms with Crippen LogP contribution >= 0.6 is 23.4 Å². The monoisotopic (exact) mass is 480 g/mol. The predicted octanol–water partition coefficient (Wildman–Crippen LogP) is 5.68. The molecule has 0 radical (unpaired) electrons. The van der Waals surface area contributed by atoms with E-state index in [0.717, 1.165) is 21.9 Å². The highest BCUT2D eigenvalue weighted by Gasteiger charge is 2.43. The minimum atomic E-state index is -4.41. The minimum absolute atomic E-state index is 0.0184. The number of amides is 2. The molecule has 0 aliphatic carbocycles. The second-order valence-electron chi connectivity index (χ2n) is 6.65. The van der Waals surface area contributed by atoms with Gasteiger partial charge in [-0.2, -0.15) is 4.31 Å². The van der Waals surface area contributed by atoms with E-state index < -0.39 is 32.6 Å². The maximum Gasteiger partial charge on any atom is 0.343 e. The number of halogens is 3. The average molecular weight is 481 g/mol. The van der Waals surface area contributed by atoms with E-state index in [1.54, 1.807) is 18.2 Å². The van der Waals surface area contributed by atoms with E-state index in [4.69, 9.17) is 11.6 Å². The molecule has 31 heavy (non-hydrogen) atoms. The summed E-state index contributed by atoms with van der Waals surface area (Å²) < 4.78 is 55.6. The number of thioether (sulfide) groups is 1. The molecule has 5 nitrogen and oxygen atoms in total. The predicted molar refractivity (Wildman–Crippen MR) is 117 cm³/mol. The van der Waals surface area contributed by atoms with Crippen molar-refractivity contribution < 1.29 is 22.0 Å². The lowest BCUT2D eigenvalue weighted by molar-refractivity contribution is 0.253. The summed E-state index contributed by atoms with van der Waals surface area (Å²) in [6.45, 7) is -0.336. The Balaban J connectivity index is 1.92. The van der Waals surface area contributed by atoms with Crippen molar-refractivity contribution in [2.45, 2.75) is 16.3 Å². The zero-order chi connectivity index (χ0) is 22.3. The molecule has 0 unspecified atom stereocenters. The van der Waals surface area contributed by atoms with Gasteiger partial charge in [0.05, 0.1) is 17.9 Å². The number of sulfonamides is 1. The molecule has 4 rings (SSSR count). The fourth-order valence-corrected chi connectivity index (χ4v) is 5.58. The second kappa shape index (κ2) is 8.14. The fourth-order valence-electron chi connectivity index (χ4n) is 3.31. The number of rotatable bonds is 4. The Kier molecular flexibility index (Phi) is 5.67. The number of carbonyl (C=O) groups is 1. The quantitative estimate of drug-likeness (QED) is 0.451. The molecular weight excluding hydrogens is 466 g/mol. The van der Waals surface area contributed by atoms with Crippen LogP contribution in [0.15, 0.2) is 70.5 Å². The molecule has 0 bridgehead atoms. The summed E-state index contributed by atoms with van der Waals surface area (Å²) in [6.07, 6.45) is 1.81. The van der Waals surface area contributed by atoms with E-state index in [0.29, 0.717) is 4.31 Å². The van der Waals surface area contributed by atoms with Gasteiger partial charge < -0.3 is 0 Å². The highest BCUT2D eigenvalue weighted by atomic mass is 35.5. The van der Waals surface area contributed by atoms with E-state index in [2.05, 4.69) is 0 Å². The van der Waals surface area contributed by atoms with Crippen LogP contribution in [0.3, 0.4) is 0 Å². The molecule has 1 heterocycles. The van der Waals surface area contributed by atoms with Crippen molar-refractivity contribution in [1.29, 1.82) is 0 Å². The molecule has 0 aromatic heterocycles. The smallest absolute Gasteiger partial charge is 0.287 e. The van der Waals surface area contributed by atoms with Crippen LogP contribution in [-0.4, -0.2) is 20.7 Å². The van der Waals surface area contributed by atoms with Gasteiger partial charge in [-0.05, 0) is 54.8 Å². The number of benzene rings is 3. The van der Waals surface area contributed by atoms with Crippen LogP contribution in [0.4, 0.5) is 25.0 Å². The van der Waals surface area contributed by atoms with Crippen LogP contribution in [0.5, 0.6) is 0 Å². The van der Waals surface area contributed by atoms with Gasteiger partial charge >= 0.3 is 6.03 Å². The Morgan fingerprint density at radius 3 is 2.48 bits per heavy atom. The maximum atomic E-state index is 14.4. The lowest BCUT2D eigenvalue weighted by Gasteiger charge is -2.36. The van der Waals surface area contributed by atoms with Crippen molar-refractivity contribution >= 4 is 50.8 Å². The van der Waals surface area contributed by atoms with Crippen molar-refractivity contribution in [2.75, 3.05) is 15.5 Å². The Morgan fingerprint density at radius 2 is 1.77 bits per heavy atom. The Hall–Kier alpha value is -2.62. The van der Waals surface area contributed by atoms with Crippen molar-refractivity contribution in [3.05, 3.63) is 82.9 Å². The Morgan fingerprint density at radius 1 is 1.03 bits per heavy atom. The summed E-state index contributed by atoms with van der Waals surface area (Å²) in [6, 6.07) is 12.6. The zero-order valence-electron chi connectivity index (χ0n) is 16.1. The molecule has 1 aliphatic rings. The van der Waals surface area contributed by atoms with Crippen LogP contribution in [0.25, 0.3) is 0 Å². The molecule has 3 aromatic carbocycles. The van der Waals surface area contributed by atoms with Crippen molar-refractivity contribution in [1.82, 2.24) is 0 Å². The zero-order valence-corrected chi connectivity index (χ0v) is 18.4. The van der Waals surface area contributed by atoms with Gasteiger partial charge in [-0.1, -0.05) is 23.7 Å². The lowest BCUT2D eigenvalue weighted by Crippen LogP contribution is -2.50. The Bertz CT molecular complexity index is 1280. The molecule has 0 N–H and O–H groups in total. The first-order valence-electron chi connectivity index (χ1n) is 8.97. The molecule has 3 aromatic rings. The van der Waals surface area contributed by atoms with E-state index >= 15 is 0 Å². The van der Waals surface area contributed by atoms with Crippen LogP contribution in [-0.2, 0) is 16.6 Å². The molecule has 2 amide bonds. The van der Waals surface area contributed by atoms with Gasteiger partial charge in [0.25, 0.3) is 10.0 Å². The first-order valence-corrected chi connectivity index (χ1v) is 12.0. The summed E-state index contributed by atoms with van der Waals surface area (Å²) in [5.74, 6) is -1.42. The van der Waals surface area contributed by atoms with Gasteiger partial charge in [0.15, 0.2) is 0 Å². The second-order valence-corrected chi connectivity index (χ2v) is 9.69. The van der Waals surface area contributed by atoms with E-state index in [1.165, 1.54) is 42.1 Å². The SMILES string of the molecule is CSc1cccc(N2C(=O)N(Cc3c(F)cccc3Cl)c3ccc(F)cc3S2(=O)=O)c1. The van der Waals surface area contributed by atoms with E-state index in [-0.39, 0.29) is 28.5 Å². The Labute approximate surface area is 187 Å². The summed E-state index contributed by atoms with van der Waals surface area (Å²) in [5.41, 5.74) is 0.0595. The summed E-state index contributed by atoms with van der Waals surface area (Å²) in [5, 5.41) is 0.0841. The van der Waals surface area contributed by atoms with Crippen LogP contribution in [0, 0.1) is 11.6 Å². The summed E-state index contributed by atoms with van der Waals surface area (Å²) in [7, 11) is -4.41. The third-order valence-corrected chi connectivity index (χ3v) is 7.61. The van der Waals surface area contributed by atoms with E-state index in [9.17, 15) is 22.0 Å². The highest BCUT2D eigenvalue weighted by molar-refractivity contribution is 7.98. The van der Waals surface area contributed by atoms with Gasteiger partial charge in [-0.3, -0.25) is 4.90 Å². The van der Waals surface area contributed by atoms with Crippen molar-refractivity contribution in [3.63, 3.8) is 0 Å². The van der Waals surface area contributed by atoms with Crippen molar-refractivity contribution in [3.8, 4) is 0 Å². The molecule has 10 heteroatoms. The van der Waals surface area contributed by atoms with Gasteiger partial charge in [-0.15, -0.1) is 11.8 Å². The van der Waals surface area contributed by atoms with Gasteiger partial charge in [0.2, 0.25) is 0 Å². The molecular formula is C21H15ClF2N2O3S2. The molecule has 0 fully saturated rings. The number of carbonyl (C=O) groups excluding carboxylic acids is 1. The third kappa shape index (κ3) is 3.77. The average Bonchev–Trinajstić information content (AvgIpc) is 2.73.